The number of ether oxygens (including phenoxy) is 2. The molecule has 0 fully saturated rings. The topological polar surface area (TPSA) is 91.6 Å². The molecule has 0 saturated carbocycles. The summed E-state index contributed by atoms with van der Waals surface area (Å²) in [5.41, 5.74) is 0.902. The normalized spacial score (nSPS) is 10.8. The second kappa shape index (κ2) is 9.04. The molecule has 0 aliphatic heterocycles. The van der Waals surface area contributed by atoms with Gasteiger partial charge in [0.2, 0.25) is 0 Å². The van der Waals surface area contributed by atoms with Crippen LogP contribution in [0.1, 0.15) is 5.56 Å². The van der Waals surface area contributed by atoms with Gasteiger partial charge in [0.1, 0.15) is 11.5 Å². The van der Waals surface area contributed by atoms with E-state index in [1.165, 1.54) is 23.2 Å². The van der Waals surface area contributed by atoms with E-state index in [1.807, 2.05) is 43.3 Å². The Hall–Kier alpha value is -4.33. The SMILES string of the molecule is Cc1ccccc1OCC(=O)Nc1cc2c(cc1Oc1ccccc1)n(C)c(=O)c(=O)n2C. The second-order valence-corrected chi connectivity index (χ2v) is 7.58. The summed E-state index contributed by atoms with van der Waals surface area (Å²) in [6.07, 6.45) is 0. The van der Waals surface area contributed by atoms with Crippen molar-refractivity contribution in [2.45, 2.75) is 6.92 Å². The predicted molar refractivity (Wildman–Crippen MR) is 126 cm³/mol. The predicted octanol–water partition coefficient (Wildman–Crippen LogP) is 3.36. The van der Waals surface area contributed by atoms with Crippen LogP contribution in [0.4, 0.5) is 5.69 Å². The maximum absolute atomic E-state index is 12.7. The number of amides is 1. The van der Waals surface area contributed by atoms with Crippen LogP contribution in [0, 0.1) is 6.92 Å². The average Bonchev–Trinajstić information content (AvgIpc) is 2.82. The zero-order chi connectivity index (χ0) is 23.5. The number of nitrogens with one attached hydrogen (secondary N) is 1. The Bertz CT molecular complexity index is 1460. The van der Waals surface area contributed by atoms with E-state index in [0.29, 0.717) is 34.0 Å². The molecule has 0 unspecified atom stereocenters. The highest BCUT2D eigenvalue weighted by molar-refractivity contribution is 5.96. The molecule has 1 aromatic heterocycles. The van der Waals surface area contributed by atoms with Crippen molar-refractivity contribution in [1.29, 1.82) is 0 Å². The van der Waals surface area contributed by atoms with Gasteiger partial charge in [0.25, 0.3) is 5.91 Å². The molecule has 168 valence electrons. The number of rotatable bonds is 6. The van der Waals surface area contributed by atoms with Gasteiger partial charge in [-0.3, -0.25) is 14.4 Å². The Morgan fingerprint density at radius 2 is 1.45 bits per heavy atom. The van der Waals surface area contributed by atoms with Gasteiger partial charge in [-0.15, -0.1) is 0 Å². The lowest BCUT2D eigenvalue weighted by Crippen LogP contribution is -2.39. The van der Waals surface area contributed by atoms with Gasteiger partial charge in [-0.2, -0.15) is 0 Å². The van der Waals surface area contributed by atoms with Crippen LogP contribution < -0.4 is 25.9 Å². The maximum atomic E-state index is 12.7. The molecule has 1 heterocycles. The molecule has 8 nitrogen and oxygen atoms in total. The number of anilines is 1. The van der Waals surface area contributed by atoms with Gasteiger partial charge in [-0.1, -0.05) is 36.4 Å². The van der Waals surface area contributed by atoms with Crippen LogP contribution in [0.15, 0.2) is 76.3 Å². The highest BCUT2D eigenvalue weighted by Gasteiger charge is 2.16. The van der Waals surface area contributed by atoms with Crippen molar-refractivity contribution in [1.82, 2.24) is 9.13 Å². The van der Waals surface area contributed by atoms with Gasteiger partial charge in [0.05, 0.1) is 16.7 Å². The number of carbonyl (C=O) groups excluding carboxylic acids is 1. The van der Waals surface area contributed by atoms with Gasteiger partial charge in [-0.05, 0) is 36.8 Å². The Balaban J connectivity index is 1.72. The summed E-state index contributed by atoms with van der Waals surface area (Å²) in [5.74, 6) is 1.10. The van der Waals surface area contributed by atoms with Gasteiger partial charge >= 0.3 is 11.1 Å². The molecule has 0 radical (unpaired) electrons. The number of benzene rings is 3. The Kier molecular flexibility index (Phi) is 5.99. The smallest absolute Gasteiger partial charge is 0.316 e. The summed E-state index contributed by atoms with van der Waals surface area (Å²) < 4.78 is 14.2. The van der Waals surface area contributed by atoms with Gasteiger partial charge in [0, 0.05) is 20.2 Å². The molecule has 33 heavy (non-hydrogen) atoms. The Morgan fingerprint density at radius 3 is 2.12 bits per heavy atom. The third-order valence-electron chi connectivity index (χ3n) is 5.29. The summed E-state index contributed by atoms with van der Waals surface area (Å²) in [4.78, 5) is 37.3. The van der Waals surface area contributed by atoms with Crippen LogP contribution >= 0.6 is 0 Å². The lowest BCUT2D eigenvalue weighted by molar-refractivity contribution is -0.118. The summed E-state index contributed by atoms with van der Waals surface area (Å²) in [5, 5.41) is 2.80. The van der Waals surface area contributed by atoms with Crippen LogP contribution in [0.3, 0.4) is 0 Å². The Labute approximate surface area is 189 Å². The van der Waals surface area contributed by atoms with Crippen LogP contribution in [0.25, 0.3) is 11.0 Å². The highest BCUT2D eigenvalue weighted by atomic mass is 16.5. The van der Waals surface area contributed by atoms with Gasteiger partial charge in [0.15, 0.2) is 12.4 Å². The molecule has 0 bridgehead atoms. The van der Waals surface area contributed by atoms with E-state index in [2.05, 4.69) is 5.32 Å². The number of nitrogens with zero attached hydrogens (tertiary/aromatic N) is 2. The molecule has 4 rings (SSSR count). The minimum atomic E-state index is -0.665. The van der Waals surface area contributed by atoms with E-state index < -0.39 is 17.0 Å². The molecule has 3 aromatic carbocycles. The molecule has 1 N–H and O–H groups in total. The summed E-state index contributed by atoms with van der Waals surface area (Å²) in [7, 11) is 3.03. The van der Waals surface area contributed by atoms with Gasteiger partial charge in [-0.25, -0.2) is 0 Å². The van der Waals surface area contributed by atoms with Crippen molar-refractivity contribution in [2.75, 3.05) is 11.9 Å². The molecule has 0 saturated heterocycles. The minimum Gasteiger partial charge on any atom is -0.483 e. The van der Waals surface area contributed by atoms with Crippen molar-refractivity contribution >= 4 is 22.6 Å². The highest BCUT2D eigenvalue weighted by Crippen LogP contribution is 2.33. The fourth-order valence-corrected chi connectivity index (χ4v) is 3.45. The van der Waals surface area contributed by atoms with Crippen molar-refractivity contribution in [3.63, 3.8) is 0 Å². The summed E-state index contributed by atoms with van der Waals surface area (Å²) in [6, 6.07) is 19.7. The average molecular weight is 445 g/mol. The number of aromatic nitrogens is 2. The number of carbonyl (C=O) groups is 1. The third-order valence-corrected chi connectivity index (χ3v) is 5.29. The van der Waals surface area contributed by atoms with Gasteiger partial charge < -0.3 is 23.9 Å². The van der Waals surface area contributed by atoms with E-state index >= 15 is 0 Å². The number of para-hydroxylation sites is 2. The first-order valence-corrected chi connectivity index (χ1v) is 10.3. The fraction of sp³-hybridized carbons (Fsp3) is 0.160. The first kappa shape index (κ1) is 21.9. The maximum Gasteiger partial charge on any atom is 0.316 e. The summed E-state index contributed by atoms with van der Waals surface area (Å²) >= 11 is 0. The van der Waals surface area contributed by atoms with Crippen LogP contribution in [-0.4, -0.2) is 21.6 Å². The molecule has 0 aliphatic rings. The largest absolute Gasteiger partial charge is 0.483 e. The lowest BCUT2D eigenvalue weighted by Gasteiger charge is -2.17. The monoisotopic (exact) mass is 445 g/mol. The third kappa shape index (κ3) is 4.50. The number of hydrogen-bond acceptors (Lipinski definition) is 5. The quantitative estimate of drug-likeness (QED) is 0.460. The Morgan fingerprint density at radius 1 is 0.848 bits per heavy atom. The van der Waals surface area contributed by atoms with Crippen LogP contribution in [-0.2, 0) is 18.9 Å². The molecule has 4 aromatic rings. The molecule has 0 atom stereocenters. The number of fused-ring (bicyclic) bond motifs is 1. The van der Waals surface area contributed by atoms with E-state index in [0.717, 1.165) is 5.56 Å². The minimum absolute atomic E-state index is 0.208. The van der Waals surface area contributed by atoms with Crippen molar-refractivity contribution in [3.05, 3.63) is 93.0 Å². The molecule has 1 amide bonds. The molecular weight excluding hydrogens is 422 g/mol. The fourth-order valence-electron chi connectivity index (χ4n) is 3.45. The number of aryl methyl sites for hydroxylation is 3. The van der Waals surface area contributed by atoms with Crippen LogP contribution in [0.5, 0.6) is 17.2 Å². The standard InChI is InChI=1S/C25H23N3O5/c1-16-9-7-8-12-21(16)32-15-23(29)26-18-13-19-20(28(3)25(31)24(30)27(19)2)14-22(18)33-17-10-5-4-6-11-17/h4-14H,15H2,1-3H3,(H,26,29). The molecule has 0 spiro atoms. The van der Waals surface area contributed by atoms with E-state index in [-0.39, 0.29) is 6.61 Å². The lowest BCUT2D eigenvalue weighted by atomic mass is 10.2. The van der Waals surface area contributed by atoms with Crippen molar-refractivity contribution in [2.24, 2.45) is 14.1 Å². The molecule has 8 heteroatoms. The van der Waals surface area contributed by atoms with E-state index in [1.54, 1.807) is 30.3 Å². The molecular formula is C25H23N3O5. The van der Waals surface area contributed by atoms with Crippen LogP contribution in [0.2, 0.25) is 0 Å². The zero-order valence-electron chi connectivity index (χ0n) is 18.5. The molecule has 0 aliphatic carbocycles. The van der Waals surface area contributed by atoms with Crippen molar-refractivity contribution in [3.8, 4) is 17.2 Å². The number of hydrogen-bond donors (Lipinski definition) is 1. The summed E-state index contributed by atoms with van der Waals surface area (Å²) in [6.45, 7) is 1.69. The second-order valence-electron chi connectivity index (χ2n) is 7.58. The first-order chi connectivity index (χ1) is 15.8. The van der Waals surface area contributed by atoms with E-state index in [4.69, 9.17) is 9.47 Å². The van der Waals surface area contributed by atoms with E-state index in [9.17, 15) is 14.4 Å². The first-order valence-electron chi connectivity index (χ1n) is 10.3. The van der Waals surface area contributed by atoms with Crippen molar-refractivity contribution < 1.29 is 14.3 Å². The zero-order valence-corrected chi connectivity index (χ0v) is 18.5.